The van der Waals surface area contributed by atoms with E-state index in [1.54, 1.807) is 24.3 Å². The normalized spacial score (nSPS) is 12.4. The standard InChI is InChI=1S/C67H58F2N4O.Pt/c1-41(2)46-35-58(42(3)4)65(59(36-46)43(5)6)47-33-51(38-53(34-47)74-52-29-30-57-56-15-10-11-18-60(56)73(63(57)39-52)64-37-48(31-32-70-64)67(7,8)9)71-40-72(62-20-13-12-19-61(62)71)66-54(44-21-25-49(68)26-22-44)16-14-17-55(66)45-23-27-50(69)28-24-45;/h10-37,41-43H,1-9H3;/q;+2. The van der Waals surface area contributed by atoms with E-state index in [1.807, 2.05) is 47.2 Å². The van der Waals surface area contributed by atoms with Crippen molar-refractivity contribution >= 4 is 50.6 Å². The molecule has 3 heterocycles. The Labute approximate surface area is 453 Å². The maximum absolute atomic E-state index is 14.5. The second-order valence-corrected chi connectivity index (χ2v) is 21.3. The van der Waals surface area contributed by atoms with Gasteiger partial charge in [-0.05, 0) is 127 Å². The number of rotatable bonds is 11. The van der Waals surface area contributed by atoms with Gasteiger partial charge < -0.3 is 9.30 Å². The number of aromatic nitrogens is 2. The van der Waals surface area contributed by atoms with Crippen LogP contribution in [-0.4, -0.2) is 15.6 Å². The van der Waals surface area contributed by atoms with Crippen LogP contribution in [0.15, 0.2) is 170 Å². The number of benzene rings is 8. The minimum Gasteiger partial charge on any atom is -0.509 e. The van der Waals surface area contributed by atoms with Crippen molar-refractivity contribution in [2.75, 3.05) is 0 Å². The number of hydrogen-bond acceptors (Lipinski definition) is 2. The fourth-order valence-electron chi connectivity index (χ4n) is 10.3. The maximum Gasteiger partial charge on any atom is 2.00 e. The summed E-state index contributed by atoms with van der Waals surface area (Å²) in [6.45, 7) is 20.2. The predicted octanol–water partition coefficient (Wildman–Crippen LogP) is 18.4. The van der Waals surface area contributed by atoms with Crippen molar-refractivity contribution in [2.45, 2.75) is 85.5 Å². The Hall–Kier alpha value is -7.56. The molecule has 0 spiro atoms. The van der Waals surface area contributed by atoms with Gasteiger partial charge in [0.15, 0.2) is 0 Å². The molecule has 0 atom stereocenters. The Morgan fingerprint density at radius 2 is 1.17 bits per heavy atom. The van der Waals surface area contributed by atoms with Gasteiger partial charge in [0.05, 0.1) is 11.1 Å². The largest absolute Gasteiger partial charge is 2.00 e. The van der Waals surface area contributed by atoms with Crippen molar-refractivity contribution < 1.29 is 34.6 Å². The van der Waals surface area contributed by atoms with Gasteiger partial charge in [-0.15, -0.1) is 29.1 Å². The summed E-state index contributed by atoms with van der Waals surface area (Å²) in [5.41, 5.74) is 15.6. The smallest absolute Gasteiger partial charge is 0.509 e. The second kappa shape index (κ2) is 20.3. The summed E-state index contributed by atoms with van der Waals surface area (Å²) in [5.74, 6) is 1.99. The molecular formula is C67H58F2N4OPt+2. The van der Waals surface area contributed by atoms with Crippen molar-refractivity contribution in [3.8, 4) is 50.7 Å². The van der Waals surface area contributed by atoms with E-state index in [-0.39, 0.29) is 50.0 Å². The van der Waals surface area contributed by atoms with E-state index < -0.39 is 0 Å². The molecule has 0 bridgehead atoms. The summed E-state index contributed by atoms with van der Waals surface area (Å²) >= 11 is 0. The van der Waals surface area contributed by atoms with E-state index in [9.17, 15) is 8.78 Å². The minimum atomic E-state index is -0.322. The van der Waals surface area contributed by atoms with Crippen molar-refractivity contribution in [1.29, 1.82) is 0 Å². The Balaban J connectivity index is 0.00000641. The predicted molar refractivity (Wildman–Crippen MR) is 301 cm³/mol. The summed E-state index contributed by atoms with van der Waals surface area (Å²) in [7, 11) is 0. The summed E-state index contributed by atoms with van der Waals surface area (Å²) in [6.07, 6.45) is 1.89. The average molecular weight is 1170 g/mol. The first kappa shape index (κ1) is 50.9. The molecule has 0 fully saturated rings. The zero-order chi connectivity index (χ0) is 51.6. The van der Waals surface area contributed by atoms with Crippen LogP contribution >= 0.6 is 0 Å². The molecule has 0 aliphatic carbocycles. The number of nitrogens with zero attached hydrogens (tertiary/aromatic N) is 4. The molecule has 0 saturated heterocycles. The number of hydrogen-bond donors (Lipinski definition) is 0. The van der Waals surface area contributed by atoms with Crippen LogP contribution in [0, 0.1) is 23.8 Å². The van der Waals surface area contributed by atoms with Crippen molar-refractivity contribution in [3.63, 3.8) is 0 Å². The average Bonchev–Trinajstić information content (AvgIpc) is 3.94. The molecule has 0 radical (unpaired) electrons. The second-order valence-electron chi connectivity index (χ2n) is 21.3. The summed E-state index contributed by atoms with van der Waals surface area (Å²) in [6, 6.07) is 64.4. The van der Waals surface area contributed by atoms with E-state index in [0.29, 0.717) is 23.1 Å². The van der Waals surface area contributed by atoms with Crippen LogP contribution in [-0.2, 0) is 26.5 Å². The Morgan fingerprint density at radius 3 is 1.77 bits per heavy atom. The third kappa shape index (κ3) is 9.61. The van der Waals surface area contributed by atoms with Crippen molar-refractivity contribution in [3.05, 3.63) is 216 Å². The number of ether oxygens (including phenoxy) is 1. The van der Waals surface area contributed by atoms with Crippen molar-refractivity contribution in [2.24, 2.45) is 0 Å². The van der Waals surface area contributed by atoms with Crippen molar-refractivity contribution in [1.82, 2.24) is 18.7 Å². The molecule has 8 heteroatoms. The molecule has 11 rings (SSSR count). The molecule has 0 N–H and O–H groups in total. The third-order valence-electron chi connectivity index (χ3n) is 14.2. The molecule has 8 aromatic carbocycles. The van der Waals surface area contributed by atoms with Crippen LogP contribution in [0.2, 0.25) is 0 Å². The number of fused-ring (bicyclic) bond motifs is 4. The summed E-state index contributed by atoms with van der Waals surface area (Å²) in [5, 5.41) is 2.14. The molecule has 0 saturated carbocycles. The van der Waals surface area contributed by atoms with Gasteiger partial charge in [-0.3, -0.25) is 0 Å². The molecule has 5 nitrogen and oxygen atoms in total. The number of pyridine rings is 1. The molecule has 0 unspecified atom stereocenters. The molecule has 1 aliphatic heterocycles. The van der Waals surface area contributed by atoms with Gasteiger partial charge in [0.1, 0.15) is 23.1 Å². The Bertz CT molecular complexity index is 3800. The zero-order valence-corrected chi connectivity index (χ0v) is 45.9. The van der Waals surface area contributed by atoms with Gasteiger partial charge in [0, 0.05) is 35.3 Å². The molecule has 374 valence electrons. The zero-order valence-electron chi connectivity index (χ0n) is 43.7. The first-order valence-electron chi connectivity index (χ1n) is 25.6. The fourth-order valence-corrected chi connectivity index (χ4v) is 10.3. The fraction of sp³-hybridized carbons (Fsp3) is 0.194. The van der Waals surface area contributed by atoms with Gasteiger partial charge in [-0.2, -0.15) is 6.07 Å². The van der Waals surface area contributed by atoms with Gasteiger partial charge >= 0.3 is 27.1 Å². The quantitative estimate of drug-likeness (QED) is 0.0955. The van der Waals surface area contributed by atoms with Crippen LogP contribution in [0.5, 0.6) is 11.5 Å². The van der Waals surface area contributed by atoms with Crippen LogP contribution in [0.1, 0.15) is 102 Å². The van der Waals surface area contributed by atoms with Crippen LogP contribution in [0.25, 0.3) is 61.0 Å². The maximum atomic E-state index is 14.5. The Morgan fingerprint density at radius 1 is 0.573 bits per heavy atom. The topological polar surface area (TPSA) is 33.1 Å². The van der Waals surface area contributed by atoms with Gasteiger partial charge in [0.2, 0.25) is 5.69 Å². The SMILES string of the molecule is CC(C)c1cc(C(C)C)c(-c2cc(Oc3[c-]c4c(cc3)c3ccccc3n4-c3cc(C(C)(C)C)ccn3)[c-]c([N+]3=C=[N+](c4c(-c5ccc(F)cc5)cccc4-c4ccc(F)cc4)c4ccccc43)c2)c(C(C)C)c1.[Pt+2]. The molecule has 2 aromatic heterocycles. The van der Waals surface area contributed by atoms with Gasteiger partial charge in [-0.1, -0.05) is 157 Å². The van der Waals surface area contributed by atoms with E-state index in [2.05, 4.69) is 168 Å². The van der Waals surface area contributed by atoms with E-state index in [0.717, 1.165) is 72.5 Å². The van der Waals surface area contributed by atoms with Crippen LogP contribution in [0.4, 0.5) is 31.5 Å². The third-order valence-corrected chi connectivity index (χ3v) is 14.2. The minimum absolute atomic E-state index is 0. The number of halogens is 2. The van der Waals surface area contributed by atoms with Gasteiger partial charge in [0.25, 0.3) is 11.4 Å². The Kier molecular flexibility index (Phi) is 13.8. The molecule has 1 aliphatic rings. The van der Waals surface area contributed by atoms with E-state index in [1.165, 1.54) is 52.1 Å². The summed E-state index contributed by atoms with van der Waals surface area (Å²) < 4.78 is 42.4. The molecular weight excluding hydrogens is 1110 g/mol. The monoisotopic (exact) mass is 1170 g/mol. The van der Waals surface area contributed by atoms with Gasteiger partial charge in [-0.25, -0.2) is 13.8 Å². The molecule has 0 amide bonds. The first-order valence-corrected chi connectivity index (χ1v) is 25.6. The van der Waals surface area contributed by atoms with E-state index in [4.69, 9.17) is 9.72 Å². The summed E-state index contributed by atoms with van der Waals surface area (Å²) in [4.78, 5) is 4.92. The molecule has 10 aromatic rings. The first-order chi connectivity index (χ1) is 35.6. The molecule has 75 heavy (non-hydrogen) atoms. The van der Waals surface area contributed by atoms with Crippen LogP contribution < -0.4 is 13.9 Å². The number of para-hydroxylation sites is 4. The van der Waals surface area contributed by atoms with E-state index >= 15 is 0 Å². The van der Waals surface area contributed by atoms with Crippen LogP contribution in [0.3, 0.4) is 0 Å².